The molecule has 35 heavy (non-hydrogen) atoms. The summed E-state index contributed by atoms with van der Waals surface area (Å²) in [6, 6.07) is 22.3. The van der Waals surface area contributed by atoms with Crippen molar-refractivity contribution < 1.29 is 19.4 Å². The van der Waals surface area contributed by atoms with Crippen molar-refractivity contribution in [2.24, 2.45) is 5.10 Å². The quantitative estimate of drug-likeness (QED) is 0.252. The van der Waals surface area contributed by atoms with Crippen LogP contribution in [-0.2, 0) is 13.1 Å². The number of halogens is 1. The molecule has 1 aliphatic rings. The van der Waals surface area contributed by atoms with Gasteiger partial charge in [-0.25, -0.2) is 5.43 Å². The number of nitrogens with one attached hydrogen (secondary N) is 2. The molecule has 4 aromatic carbocycles. The lowest BCUT2D eigenvalue weighted by atomic mass is 10.00. The van der Waals surface area contributed by atoms with Crippen LogP contribution in [0.1, 0.15) is 27.0 Å². The molecule has 5 rings (SSSR count). The zero-order valence-corrected chi connectivity index (χ0v) is 19.4. The van der Waals surface area contributed by atoms with Crippen LogP contribution < -0.4 is 20.2 Å². The lowest BCUT2D eigenvalue weighted by Gasteiger charge is -2.11. The van der Waals surface area contributed by atoms with Crippen molar-refractivity contribution in [3.63, 3.8) is 0 Å². The van der Waals surface area contributed by atoms with E-state index in [1.165, 1.54) is 18.2 Å². The van der Waals surface area contributed by atoms with Gasteiger partial charge in [0.15, 0.2) is 11.5 Å². The summed E-state index contributed by atoms with van der Waals surface area (Å²) >= 11 is 5.88. The molecule has 8 heteroatoms. The van der Waals surface area contributed by atoms with Crippen LogP contribution in [0.3, 0.4) is 0 Å². The molecule has 1 heterocycles. The maximum atomic E-state index is 12.3. The molecule has 0 bridgehead atoms. The van der Waals surface area contributed by atoms with E-state index < -0.39 is 5.91 Å². The predicted octanol–water partition coefficient (Wildman–Crippen LogP) is 4.98. The second kappa shape index (κ2) is 10.0. The van der Waals surface area contributed by atoms with Crippen LogP contribution in [0.4, 0.5) is 0 Å². The topological polar surface area (TPSA) is 92.2 Å². The molecule has 0 saturated heterocycles. The van der Waals surface area contributed by atoms with Gasteiger partial charge in [0, 0.05) is 24.2 Å². The lowest BCUT2D eigenvalue weighted by molar-refractivity contribution is 0.0955. The molecule has 0 aromatic heterocycles. The third-order valence-corrected chi connectivity index (χ3v) is 6.01. The number of hydrazone groups is 1. The Kier molecular flexibility index (Phi) is 6.52. The summed E-state index contributed by atoms with van der Waals surface area (Å²) in [6.07, 6.45) is 1.62. The van der Waals surface area contributed by atoms with Gasteiger partial charge in [0.25, 0.3) is 5.91 Å². The van der Waals surface area contributed by atoms with E-state index in [9.17, 15) is 9.90 Å². The summed E-state index contributed by atoms with van der Waals surface area (Å²) in [5.41, 5.74) is 5.96. The van der Waals surface area contributed by atoms with Gasteiger partial charge < -0.3 is 19.9 Å². The van der Waals surface area contributed by atoms with E-state index in [1.54, 1.807) is 6.21 Å². The maximum absolute atomic E-state index is 12.3. The Morgan fingerprint density at radius 3 is 2.66 bits per heavy atom. The summed E-state index contributed by atoms with van der Waals surface area (Å²) in [5.74, 6) is 1.06. The van der Waals surface area contributed by atoms with Crippen LogP contribution in [0.15, 0.2) is 77.9 Å². The molecule has 0 spiro atoms. The largest absolute Gasteiger partial charge is 0.506 e. The second-order valence-corrected chi connectivity index (χ2v) is 8.42. The summed E-state index contributed by atoms with van der Waals surface area (Å²) in [5, 5.41) is 19.4. The molecule has 0 unspecified atom stereocenters. The Hall–Kier alpha value is -4.07. The summed E-state index contributed by atoms with van der Waals surface area (Å²) in [4.78, 5) is 12.3. The summed E-state index contributed by atoms with van der Waals surface area (Å²) < 4.78 is 10.8. The normalized spacial score (nSPS) is 12.4. The molecular formula is C27H22ClN3O4. The molecule has 0 fully saturated rings. The highest BCUT2D eigenvalue weighted by molar-refractivity contribution is 6.32. The van der Waals surface area contributed by atoms with Crippen molar-refractivity contribution in [2.75, 3.05) is 6.79 Å². The molecule has 0 radical (unpaired) electrons. The van der Waals surface area contributed by atoms with Crippen molar-refractivity contribution in [3.05, 3.63) is 100 Å². The van der Waals surface area contributed by atoms with Crippen LogP contribution in [0.5, 0.6) is 17.2 Å². The summed E-state index contributed by atoms with van der Waals surface area (Å²) in [6.45, 7) is 1.65. The Bertz CT molecular complexity index is 1440. The van der Waals surface area contributed by atoms with E-state index in [0.29, 0.717) is 18.7 Å². The van der Waals surface area contributed by atoms with E-state index in [2.05, 4.69) is 28.0 Å². The van der Waals surface area contributed by atoms with Crippen molar-refractivity contribution >= 4 is 34.5 Å². The molecule has 176 valence electrons. The number of aromatic hydroxyl groups is 1. The number of hydrogen-bond acceptors (Lipinski definition) is 6. The smallest absolute Gasteiger partial charge is 0.271 e. The zero-order valence-electron chi connectivity index (χ0n) is 18.6. The van der Waals surface area contributed by atoms with Gasteiger partial charge in [-0.1, -0.05) is 54.1 Å². The van der Waals surface area contributed by atoms with Gasteiger partial charge in [0.2, 0.25) is 6.79 Å². The highest BCUT2D eigenvalue weighted by atomic mass is 35.5. The standard InChI is InChI=1S/C27H22ClN3O4/c28-23-12-18(8-9-24(23)32)27(33)31-30-15-20-7-6-19(21-3-1-2-4-22(20)21)14-29-13-17-5-10-25-26(11-17)35-16-34-25/h1-12,15,29,32H,13-14,16H2,(H,31,33). The summed E-state index contributed by atoms with van der Waals surface area (Å²) in [7, 11) is 0. The van der Waals surface area contributed by atoms with Crippen LogP contribution in [0, 0.1) is 0 Å². The van der Waals surface area contributed by atoms with Crippen molar-refractivity contribution in [1.82, 2.24) is 10.7 Å². The highest BCUT2D eigenvalue weighted by Crippen LogP contribution is 2.32. The number of carbonyl (C=O) groups excluding carboxylic acids is 1. The SMILES string of the molecule is O=C(NN=Cc1ccc(CNCc2ccc3c(c2)OCO3)c2ccccc12)c1ccc(O)c(Cl)c1. The van der Waals surface area contributed by atoms with Gasteiger partial charge in [-0.05, 0) is 52.2 Å². The number of carbonyl (C=O) groups is 1. The molecule has 4 aromatic rings. The number of phenolic OH excluding ortho intramolecular Hbond substituents is 1. The number of amides is 1. The number of nitrogens with zero attached hydrogens (tertiary/aromatic N) is 1. The second-order valence-electron chi connectivity index (χ2n) is 8.02. The Morgan fingerprint density at radius 2 is 1.80 bits per heavy atom. The van der Waals surface area contributed by atoms with E-state index in [4.69, 9.17) is 21.1 Å². The Balaban J connectivity index is 1.26. The van der Waals surface area contributed by atoms with Crippen LogP contribution >= 0.6 is 11.6 Å². The minimum absolute atomic E-state index is 0.0799. The third-order valence-electron chi connectivity index (χ3n) is 5.71. The Labute approximate surface area is 206 Å². The van der Waals surface area contributed by atoms with Gasteiger partial charge in [-0.2, -0.15) is 5.10 Å². The molecule has 0 saturated carbocycles. The van der Waals surface area contributed by atoms with E-state index in [-0.39, 0.29) is 17.6 Å². The molecule has 1 amide bonds. The van der Waals surface area contributed by atoms with E-state index in [1.807, 2.05) is 42.5 Å². The molecule has 3 N–H and O–H groups in total. The van der Waals surface area contributed by atoms with Gasteiger partial charge in [-0.15, -0.1) is 0 Å². The average Bonchev–Trinajstić information content (AvgIpc) is 3.34. The monoisotopic (exact) mass is 487 g/mol. The third kappa shape index (κ3) is 5.06. The van der Waals surface area contributed by atoms with Crippen molar-refractivity contribution in [2.45, 2.75) is 13.1 Å². The van der Waals surface area contributed by atoms with E-state index >= 15 is 0 Å². The molecule has 0 atom stereocenters. The Morgan fingerprint density at radius 1 is 0.971 bits per heavy atom. The van der Waals surface area contributed by atoms with Gasteiger partial charge in [-0.3, -0.25) is 4.79 Å². The maximum Gasteiger partial charge on any atom is 0.271 e. The number of phenols is 1. The van der Waals surface area contributed by atoms with E-state index in [0.717, 1.165) is 39.0 Å². The van der Waals surface area contributed by atoms with Crippen molar-refractivity contribution in [1.29, 1.82) is 0 Å². The van der Waals surface area contributed by atoms with Gasteiger partial charge in [0.1, 0.15) is 5.75 Å². The first-order valence-corrected chi connectivity index (χ1v) is 11.4. The number of fused-ring (bicyclic) bond motifs is 2. The average molecular weight is 488 g/mol. The number of rotatable bonds is 7. The first-order chi connectivity index (χ1) is 17.1. The zero-order chi connectivity index (χ0) is 24.2. The number of benzene rings is 4. The first kappa shape index (κ1) is 22.7. The fourth-order valence-corrected chi connectivity index (χ4v) is 4.10. The predicted molar refractivity (Wildman–Crippen MR) is 135 cm³/mol. The number of hydrogen-bond donors (Lipinski definition) is 3. The molecule has 7 nitrogen and oxygen atoms in total. The molecule has 1 aliphatic heterocycles. The fourth-order valence-electron chi connectivity index (χ4n) is 3.92. The van der Waals surface area contributed by atoms with Crippen LogP contribution in [-0.4, -0.2) is 24.0 Å². The first-order valence-electron chi connectivity index (χ1n) is 11.0. The number of ether oxygens (including phenoxy) is 2. The minimum Gasteiger partial charge on any atom is -0.506 e. The van der Waals surface area contributed by atoms with Crippen LogP contribution in [0.2, 0.25) is 5.02 Å². The van der Waals surface area contributed by atoms with Gasteiger partial charge in [0.05, 0.1) is 11.2 Å². The van der Waals surface area contributed by atoms with Gasteiger partial charge >= 0.3 is 0 Å². The van der Waals surface area contributed by atoms with Crippen molar-refractivity contribution in [3.8, 4) is 17.2 Å². The lowest BCUT2D eigenvalue weighted by Crippen LogP contribution is -2.17. The minimum atomic E-state index is -0.420. The fraction of sp³-hybridized carbons (Fsp3) is 0.111. The molecule has 0 aliphatic carbocycles. The van der Waals surface area contributed by atoms with Crippen LogP contribution in [0.25, 0.3) is 10.8 Å². The molecular weight excluding hydrogens is 466 g/mol. The highest BCUT2D eigenvalue weighted by Gasteiger charge is 2.13.